The van der Waals surface area contributed by atoms with Crippen LogP contribution in [0.1, 0.15) is 15.9 Å². The van der Waals surface area contributed by atoms with Crippen LogP contribution in [-0.4, -0.2) is 26.9 Å². The molecule has 6 heteroatoms. The zero-order valence-electron chi connectivity index (χ0n) is 16.6. The minimum absolute atomic E-state index is 0.106. The van der Waals surface area contributed by atoms with Gasteiger partial charge in [0.05, 0.1) is 21.3 Å². The zero-order chi connectivity index (χ0) is 20.9. The molecule has 150 valence electrons. The molecule has 3 aromatic rings. The van der Waals surface area contributed by atoms with Crippen LogP contribution in [-0.2, 0) is 10.7 Å². The lowest BCUT2D eigenvalue weighted by molar-refractivity contribution is 0.107. The van der Waals surface area contributed by atoms with Gasteiger partial charge in [-0.05, 0) is 5.56 Å². The first-order valence-electron chi connectivity index (χ1n) is 9.07. The van der Waals surface area contributed by atoms with Crippen LogP contribution < -0.4 is 19.5 Å². The fraction of sp³-hybridized carbons (Fsp3) is 0.174. The number of hydrogen-bond acceptors (Lipinski definition) is 5. The average Bonchev–Trinajstić information content (AvgIpc) is 2.78. The summed E-state index contributed by atoms with van der Waals surface area (Å²) in [4.78, 5) is 13.8. The van der Waals surface area contributed by atoms with Crippen LogP contribution in [0.5, 0.6) is 17.2 Å². The summed E-state index contributed by atoms with van der Waals surface area (Å²) in [6.45, 7) is 0. The van der Waals surface area contributed by atoms with E-state index in [4.69, 9.17) is 14.2 Å². The summed E-state index contributed by atoms with van der Waals surface area (Å²) in [5.41, 5.74) is 0.460. The highest BCUT2D eigenvalue weighted by Gasteiger charge is 2.38. The molecule has 0 heterocycles. The van der Waals surface area contributed by atoms with Crippen molar-refractivity contribution in [1.29, 1.82) is 0 Å². The Hall–Kier alpha value is -3.04. The molecule has 0 fully saturated rings. The largest absolute Gasteiger partial charge is 0.496 e. The Balaban J connectivity index is 2.19. The zero-order valence-corrected chi connectivity index (χ0v) is 17.5. The summed E-state index contributed by atoms with van der Waals surface area (Å²) in [6.07, 6.45) is 0.106. The number of ether oxygens (including phenoxy) is 3. The molecule has 5 nitrogen and oxygen atoms in total. The van der Waals surface area contributed by atoms with Crippen molar-refractivity contribution in [2.45, 2.75) is 6.16 Å². The molecule has 3 aromatic carbocycles. The van der Waals surface area contributed by atoms with Crippen molar-refractivity contribution in [3.05, 3.63) is 83.9 Å². The maximum Gasteiger partial charge on any atom is 0.233 e. The average molecular weight is 410 g/mol. The highest BCUT2D eigenvalue weighted by molar-refractivity contribution is 7.86. The maximum atomic E-state index is 14.3. The Morgan fingerprint density at radius 3 is 1.79 bits per heavy atom. The Labute approximate surface area is 170 Å². The van der Waals surface area contributed by atoms with Gasteiger partial charge in [0.25, 0.3) is 0 Å². The van der Waals surface area contributed by atoms with Crippen molar-refractivity contribution >= 4 is 18.0 Å². The summed E-state index contributed by atoms with van der Waals surface area (Å²) in [7, 11) is 0.872. The van der Waals surface area contributed by atoms with E-state index in [9.17, 15) is 9.36 Å². The fourth-order valence-corrected chi connectivity index (χ4v) is 5.71. The normalized spacial score (nSPS) is 12.7. The van der Waals surface area contributed by atoms with E-state index in [1.807, 2.05) is 36.4 Å². The van der Waals surface area contributed by atoms with Gasteiger partial charge >= 0.3 is 0 Å². The molecule has 0 aliphatic rings. The van der Waals surface area contributed by atoms with E-state index in [0.717, 1.165) is 5.56 Å². The molecule has 1 atom stereocenters. The number of carbonyl (C=O) groups is 1. The summed E-state index contributed by atoms with van der Waals surface area (Å²) >= 11 is 0. The van der Waals surface area contributed by atoms with Gasteiger partial charge in [-0.1, -0.05) is 60.7 Å². The fourth-order valence-electron chi connectivity index (χ4n) is 3.19. The van der Waals surface area contributed by atoms with Gasteiger partial charge in [-0.2, -0.15) is 0 Å². The third-order valence-electron chi connectivity index (χ3n) is 4.68. The first-order valence-corrected chi connectivity index (χ1v) is 11.0. The van der Waals surface area contributed by atoms with Crippen molar-refractivity contribution in [3.8, 4) is 17.2 Å². The van der Waals surface area contributed by atoms with Crippen LogP contribution in [0.25, 0.3) is 0 Å². The first kappa shape index (κ1) is 20.7. The molecule has 0 aromatic heterocycles. The third-order valence-corrected chi connectivity index (χ3v) is 7.50. The molecule has 29 heavy (non-hydrogen) atoms. The van der Waals surface area contributed by atoms with Gasteiger partial charge in [0.1, 0.15) is 22.8 Å². The van der Waals surface area contributed by atoms with E-state index in [1.54, 1.807) is 36.4 Å². The van der Waals surface area contributed by atoms with E-state index in [1.165, 1.54) is 21.3 Å². The predicted molar refractivity (Wildman–Crippen MR) is 114 cm³/mol. The Morgan fingerprint density at radius 1 is 0.793 bits per heavy atom. The number of rotatable bonds is 8. The summed E-state index contributed by atoms with van der Waals surface area (Å²) in [5.74, 6) is 0.999. The molecule has 0 amide bonds. The lowest BCUT2D eigenvalue weighted by atomic mass is 10.2. The molecule has 0 aliphatic carbocycles. The van der Waals surface area contributed by atoms with Gasteiger partial charge < -0.3 is 18.8 Å². The Morgan fingerprint density at radius 2 is 1.31 bits per heavy atom. The van der Waals surface area contributed by atoms with E-state index in [0.29, 0.717) is 11.1 Å². The molecule has 3 rings (SSSR count). The summed E-state index contributed by atoms with van der Waals surface area (Å²) in [5, 5.41) is 0.494. The van der Waals surface area contributed by atoms with Gasteiger partial charge in [-0.15, -0.1) is 0 Å². The molecule has 0 saturated heterocycles. The van der Waals surface area contributed by atoms with Crippen LogP contribution in [0.4, 0.5) is 0 Å². The van der Waals surface area contributed by atoms with Gasteiger partial charge in [-0.25, -0.2) is 0 Å². The Kier molecular flexibility index (Phi) is 6.40. The molecular formula is C23H23O5P. The highest BCUT2D eigenvalue weighted by atomic mass is 31.2. The summed E-state index contributed by atoms with van der Waals surface area (Å²) in [6, 6.07) is 21.4. The Bertz CT molecular complexity index is 1010. The molecule has 1 unspecified atom stereocenters. The minimum atomic E-state index is -3.55. The molecular weight excluding hydrogens is 387 g/mol. The second-order valence-corrected chi connectivity index (χ2v) is 9.15. The molecule has 0 aliphatic heterocycles. The quantitative estimate of drug-likeness (QED) is 0.502. The second-order valence-electron chi connectivity index (χ2n) is 6.43. The SMILES string of the molecule is COc1cc(OC)c(C(=O)P(=O)(Cc2ccccc2)c2ccccc2)c(OC)c1. The van der Waals surface area contributed by atoms with Crippen molar-refractivity contribution in [1.82, 2.24) is 0 Å². The van der Waals surface area contributed by atoms with E-state index in [2.05, 4.69) is 0 Å². The van der Waals surface area contributed by atoms with Crippen LogP contribution in [0.15, 0.2) is 72.8 Å². The number of hydrogen-bond donors (Lipinski definition) is 0. The van der Waals surface area contributed by atoms with Crippen LogP contribution >= 0.6 is 7.14 Å². The summed E-state index contributed by atoms with van der Waals surface area (Å²) < 4.78 is 30.4. The maximum absolute atomic E-state index is 14.3. The highest BCUT2D eigenvalue weighted by Crippen LogP contribution is 2.54. The van der Waals surface area contributed by atoms with E-state index < -0.39 is 12.7 Å². The number of methoxy groups -OCH3 is 3. The van der Waals surface area contributed by atoms with E-state index in [-0.39, 0.29) is 23.2 Å². The lowest BCUT2D eigenvalue weighted by Crippen LogP contribution is -2.16. The van der Waals surface area contributed by atoms with Gasteiger partial charge in [0, 0.05) is 23.6 Å². The second kappa shape index (κ2) is 8.97. The monoisotopic (exact) mass is 410 g/mol. The van der Waals surface area contributed by atoms with Crippen LogP contribution in [0.2, 0.25) is 0 Å². The molecule has 0 radical (unpaired) electrons. The van der Waals surface area contributed by atoms with Gasteiger partial charge in [-0.3, -0.25) is 4.79 Å². The smallest absolute Gasteiger partial charge is 0.233 e. The minimum Gasteiger partial charge on any atom is -0.496 e. The van der Waals surface area contributed by atoms with Gasteiger partial charge in [0.15, 0.2) is 7.14 Å². The van der Waals surface area contributed by atoms with Gasteiger partial charge in [0.2, 0.25) is 5.52 Å². The van der Waals surface area contributed by atoms with Crippen molar-refractivity contribution in [2.75, 3.05) is 21.3 Å². The molecule has 0 bridgehead atoms. The van der Waals surface area contributed by atoms with Crippen LogP contribution in [0.3, 0.4) is 0 Å². The molecule has 0 spiro atoms. The van der Waals surface area contributed by atoms with Crippen molar-refractivity contribution in [2.24, 2.45) is 0 Å². The molecule has 0 N–H and O–H groups in total. The number of carbonyl (C=O) groups excluding carboxylic acids is 1. The third kappa shape index (κ3) is 4.20. The van der Waals surface area contributed by atoms with E-state index >= 15 is 0 Å². The van der Waals surface area contributed by atoms with Crippen molar-refractivity contribution in [3.63, 3.8) is 0 Å². The first-order chi connectivity index (χ1) is 14.0. The topological polar surface area (TPSA) is 61.8 Å². The van der Waals surface area contributed by atoms with Crippen molar-refractivity contribution < 1.29 is 23.6 Å². The standard InChI is InChI=1S/C23H23O5P/c1-26-18-14-20(27-2)22(21(15-18)28-3)23(24)29(25,19-12-8-5-9-13-19)16-17-10-6-4-7-11-17/h4-15H,16H2,1-3H3. The van der Waals surface area contributed by atoms with Crippen LogP contribution in [0, 0.1) is 0 Å². The number of benzene rings is 3. The predicted octanol–water partition coefficient (Wildman–Crippen LogP) is 4.74. The lowest BCUT2D eigenvalue weighted by Gasteiger charge is -2.21. The molecule has 0 saturated carbocycles.